The number of H-pyrrole nitrogens is 1. The molecule has 9 heteroatoms. The number of pyridine rings is 1. The van der Waals surface area contributed by atoms with E-state index >= 15 is 0 Å². The zero-order valence-corrected chi connectivity index (χ0v) is 21.3. The van der Waals surface area contributed by atoms with Crippen molar-refractivity contribution in [2.45, 2.75) is 37.8 Å². The van der Waals surface area contributed by atoms with Crippen LogP contribution in [0.3, 0.4) is 0 Å². The van der Waals surface area contributed by atoms with Gasteiger partial charge >= 0.3 is 0 Å². The van der Waals surface area contributed by atoms with Crippen LogP contribution in [0.4, 0.5) is 5.69 Å². The van der Waals surface area contributed by atoms with Gasteiger partial charge in [0.1, 0.15) is 5.75 Å². The van der Waals surface area contributed by atoms with Gasteiger partial charge in [0.15, 0.2) is 11.6 Å². The van der Waals surface area contributed by atoms with Crippen LogP contribution in [-0.4, -0.2) is 45.8 Å². The van der Waals surface area contributed by atoms with Gasteiger partial charge < -0.3 is 20.7 Å². The van der Waals surface area contributed by atoms with Crippen molar-refractivity contribution in [3.63, 3.8) is 0 Å². The number of aryl methyl sites for hydroxylation is 1. The molecule has 9 nitrogen and oxygen atoms in total. The third-order valence-electron chi connectivity index (χ3n) is 7.36. The molecule has 0 saturated carbocycles. The lowest BCUT2D eigenvalue weighted by Crippen LogP contribution is -2.46. The summed E-state index contributed by atoms with van der Waals surface area (Å²) >= 11 is 0. The summed E-state index contributed by atoms with van der Waals surface area (Å²) in [5.74, 6) is 2.17. The lowest BCUT2D eigenvalue weighted by Gasteiger charge is -2.37. The summed E-state index contributed by atoms with van der Waals surface area (Å²) < 4.78 is 5.83. The number of aromatic nitrogens is 4. The van der Waals surface area contributed by atoms with E-state index in [0.717, 1.165) is 66.3 Å². The number of carbonyl (C=O) groups excluding carboxylic acids is 1. The van der Waals surface area contributed by atoms with E-state index in [1.807, 2.05) is 55.5 Å². The zero-order chi connectivity index (χ0) is 26.0. The zero-order valence-electron chi connectivity index (χ0n) is 21.3. The van der Waals surface area contributed by atoms with Gasteiger partial charge in [-0.05, 0) is 74.8 Å². The van der Waals surface area contributed by atoms with Crippen LogP contribution in [0.2, 0.25) is 0 Å². The average molecular weight is 510 g/mol. The molecule has 4 heterocycles. The van der Waals surface area contributed by atoms with Gasteiger partial charge in [-0.25, -0.2) is 4.98 Å². The maximum absolute atomic E-state index is 13.3. The molecule has 2 aliphatic rings. The van der Waals surface area contributed by atoms with Crippen LogP contribution in [-0.2, 0) is 5.54 Å². The highest BCUT2D eigenvalue weighted by Gasteiger charge is 2.37. The first-order valence-corrected chi connectivity index (χ1v) is 13.1. The standard InChI is InChI=1S/C29H31N7O2/c1-19-5-6-23-24(9-16-38-25(23)17-19)32-27(37)21-3-2-4-22(18-21)34-29(10-14-31-15-11-29)28-33-26(35-36-28)20-7-12-30-13-8-20/h2-8,12-13,17-18,24,31,34H,9-11,14-16H2,1H3,(H,32,37)(H,33,35,36)/t24-/m1/s1. The van der Waals surface area contributed by atoms with Gasteiger partial charge in [0.2, 0.25) is 0 Å². The maximum Gasteiger partial charge on any atom is 0.251 e. The van der Waals surface area contributed by atoms with Crippen molar-refractivity contribution < 1.29 is 9.53 Å². The van der Waals surface area contributed by atoms with Gasteiger partial charge in [0.05, 0.1) is 18.2 Å². The molecular weight excluding hydrogens is 478 g/mol. The van der Waals surface area contributed by atoms with Crippen molar-refractivity contribution in [1.29, 1.82) is 0 Å². The Morgan fingerprint density at radius 2 is 1.92 bits per heavy atom. The van der Waals surface area contributed by atoms with Gasteiger partial charge in [-0.15, -0.1) is 0 Å². The quantitative estimate of drug-likeness (QED) is 0.309. The molecule has 1 fully saturated rings. The van der Waals surface area contributed by atoms with Crippen LogP contribution < -0.4 is 20.7 Å². The number of amides is 1. The SMILES string of the molecule is Cc1ccc2c(c1)OCC[C@H]2NC(=O)c1cccc(NC2(c3nc(-c4ccncc4)n[nH]3)CCNCC2)c1. The number of benzene rings is 2. The summed E-state index contributed by atoms with van der Waals surface area (Å²) in [5.41, 5.74) is 4.11. The number of rotatable bonds is 6. The Balaban J connectivity index is 1.23. The fourth-order valence-corrected chi connectivity index (χ4v) is 5.28. The predicted octanol–water partition coefficient (Wildman–Crippen LogP) is 4.12. The first-order chi connectivity index (χ1) is 18.6. The van der Waals surface area contributed by atoms with Crippen molar-refractivity contribution >= 4 is 11.6 Å². The number of hydrogen-bond acceptors (Lipinski definition) is 7. The highest BCUT2D eigenvalue weighted by molar-refractivity contribution is 5.95. The van der Waals surface area contributed by atoms with Crippen molar-refractivity contribution in [3.05, 3.63) is 89.5 Å². The molecule has 0 bridgehead atoms. The van der Waals surface area contributed by atoms with Crippen LogP contribution in [0.1, 0.15) is 52.6 Å². The third kappa shape index (κ3) is 4.84. The Morgan fingerprint density at radius 1 is 1.08 bits per heavy atom. The molecule has 2 aromatic heterocycles. The molecule has 4 aromatic rings. The number of piperidine rings is 1. The normalized spacial score (nSPS) is 18.2. The summed E-state index contributed by atoms with van der Waals surface area (Å²) in [6.07, 6.45) is 5.86. The Labute approximate surface area is 221 Å². The number of hydrogen-bond donors (Lipinski definition) is 4. The average Bonchev–Trinajstić information content (AvgIpc) is 3.46. The highest BCUT2D eigenvalue weighted by atomic mass is 16.5. The van der Waals surface area contributed by atoms with Gasteiger partial charge in [-0.1, -0.05) is 18.2 Å². The monoisotopic (exact) mass is 509 g/mol. The van der Waals surface area contributed by atoms with Crippen molar-refractivity contribution in [1.82, 2.24) is 30.8 Å². The summed E-state index contributed by atoms with van der Waals surface area (Å²) in [6.45, 7) is 4.32. The number of aromatic amines is 1. The van der Waals surface area contributed by atoms with Gasteiger partial charge in [0.25, 0.3) is 5.91 Å². The van der Waals surface area contributed by atoms with E-state index in [-0.39, 0.29) is 11.9 Å². The number of nitrogens with one attached hydrogen (secondary N) is 4. The first kappa shape index (κ1) is 24.1. The number of nitrogens with zero attached hydrogens (tertiary/aromatic N) is 3. The maximum atomic E-state index is 13.3. The van der Waals surface area contributed by atoms with Crippen LogP contribution in [0, 0.1) is 6.92 Å². The molecule has 2 aliphatic heterocycles. The molecule has 1 amide bonds. The molecule has 4 N–H and O–H groups in total. The molecule has 1 atom stereocenters. The second-order valence-corrected chi connectivity index (χ2v) is 9.99. The van der Waals surface area contributed by atoms with Crippen LogP contribution in [0.5, 0.6) is 5.75 Å². The smallest absolute Gasteiger partial charge is 0.251 e. The largest absolute Gasteiger partial charge is 0.493 e. The Hall–Kier alpha value is -4.24. The lowest BCUT2D eigenvalue weighted by atomic mass is 9.87. The van der Waals surface area contributed by atoms with Gasteiger partial charge in [0, 0.05) is 41.2 Å². The van der Waals surface area contributed by atoms with E-state index in [0.29, 0.717) is 18.0 Å². The van der Waals surface area contributed by atoms with E-state index in [9.17, 15) is 4.79 Å². The second kappa shape index (κ2) is 10.3. The Morgan fingerprint density at radius 3 is 2.76 bits per heavy atom. The molecule has 0 unspecified atom stereocenters. The Bertz CT molecular complexity index is 1430. The van der Waals surface area contributed by atoms with Crippen LogP contribution >= 0.6 is 0 Å². The van der Waals surface area contributed by atoms with E-state index < -0.39 is 5.54 Å². The van der Waals surface area contributed by atoms with Gasteiger partial charge in [-0.2, -0.15) is 5.10 Å². The minimum absolute atomic E-state index is 0.0833. The fraction of sp³-hybridized carbons (Fsp3) is 0.310. The molecule has 194 valence electrons. The highest BCUT2D eigenvalue weighted by Crippen LogP contribution is 2.35. The molecule has 6 rings (SSSR count). The number of anilines is 1. The molecule has 0 spiro atoms. The topological polar surface area (TPSA) is 117 Å². The minimum atomic E-state index is -0.434. The molecule has 0 aliphatic carbocycles. The molecule has 0 radical (unpaired) electrons. The van der Waals surface area contributed by atoms with Crippen molar-refractivity contribution in [2.24, 2.45) is 0 Å². The van der Waals surface area contributed by atoms with E-state index in [1.54, 1.807) is 12.4 Å². The second-order valence-electron chi connectivity index (χ2n) is 9.99. The van der Waals surface area contributed by atoms with E-state index in [2.05, 4.69) is 37.2 Å². The summed E-state index contributed by atoms with van der Waals surface area (Å²) in [6, 6.07) is 17.5. The van der Waals surface area contributed by atoms with E-state index in [1.165, 1.54) is 0 Å². The van der Waals surface area contributed by atoms with Gasteiger partial charge in [-0.3, -0.25) is 14.9 Å². The van der Waals surface area contributed by atoms with E-state index in [4.69, 9.17) is 9.72 Å². The number of fused-ring (bicyclic) bond motifs is 1. The molecule has 38 heavy (non-hydrogen) atoms. The predicted molar refractivity (Wildman–Crippen MR) is 145 cm³/mol. The Kier molecular flexibility index (Phi) is 6.51. The third-order valence-corrected chi connectivity index (χ3v) is 7.36. The van der Waals surface area contributed by atoms with Crippen LogP contribution in [0.15, 0.2) is 67.0 Å². The fourth-order valence-electron chi connectivity index (χ4n) is 5.28. The number of ether oxygens (including phenoxy) is 1. The first-order valence-electron chi connectivity index (χ1n) is 13.1. The minimum Gasteiger partial charge on any atom is -0.493 e. The summed E-state index contributed by atoms with van der Waals surface area (Å²) in [5, 5.41) is 18.0. The molecule has 2 aromatic carbocycles. The summed E-state index contributed by atoms with van der Waals surface area (Å²) in [7, 11) is 0. The lowest BCUT2D eigenvalue weighted by molar-refractivity contribution is 0.0925. The molecule has 1 saturated heterocycles. The number of carbonyl (C=O) groups is 1. The molecular formula is C29H31N7O2. The van der Waals surface area contributed by atoms with Crippen molar-refractivity contribution in [2.75, 3.05) is 25.0 Å². The summed E-state index contributed by atoms with van der Waals surface area (Å²) in [4.78, 5) is 22.3. The van der Waals surface area contributed by atoms with Crippen molar-refractivity contribution in [3.8, 4) is 17.1 Å². The van der Waals surface area contributed by atoms with Crippen LogP contribution in [0.25, 0.3) is 11.4 Å².